The predicted molar refractivity (Wildman–Crippen MR) is 71.7 cm³/mol. The molecule has 0 amide bonds. The molecule has 0 aromatic heterocycles. The average Bonchev–Trinajstić information content (AvgIpc) is 2.28. The van der Waals surface area contributed by atoms with Gasteiger partial charge in [0.2, 0.25) is 0 Å². The van der Waals surface area contributed by atoms with Crippen LogP contribution in [0.4, 0.5) is 5.69 Å². The number of ether oxygens (including phenoxy) is 1. The molecule has 1 atom stereocenters. The first-order valence-electron chi connectivity index (χ1n) is 6.25. The molecule has 3 heteroatoms. The first kappa shape index (κ1) is 12.4. The number of anilines is 1. The van der Waals surface area contributed by atoms with Crippen molar-refractivity contribution in [1.29, 1.82) is 0 Å². The molecule has 0 spiro atoms. The maximum absolute atomic E-state index is 5.84. The lowest BCUT2D eigenvalue weighted by atomic mass is 10.0. The van der Waals surface area contributed by atoms with E-state index in [0.29, 0.717) is 12.6 Å². The second kappa shape index (κ2) is 5.07. The summed E-state index contributed by atoms with van der Waals surface area (Å²) in [5, 5.41) is 0. The third-order valence-corrected chi connectivity index (χ3v) is 3.42. The standard InChI is InChI=1S/C14H22N2O/c1-10-6-11(2)14(12(3)7-10)16-4-5-17-9-13(16)8-15/h6-7,13H,4-5,8-9,15H2,1-3H3. The lowest BCUT2D eigenvalue weighted by Gasteiger charge is -2.38. The SMILES string of the molecule is Cc1cc(C)c(N2CCOCC2CN)c(C)c1. The molecular weight excluding hydrogens is 212 g/mol. The lowest BCUT2D eigenvalue weighted by molar-refractivity contribution is 0.0961. The summed E-state index contributed by atoms with van der Waals surface area (Å²) >= 11 is 0. The Morgan fingerprint density at radius 2 is 1.94 bits per heavy atom. The topological polar surface area (TPSA) is 38.5 Å². The number of morpholine rings is 1. The Morgan fingerprint density at radius 3 is 2.53 bits per heavy atom. The minimum Gasteiger partial charge on any atom is -0.377 e. The second-order valence-electron chi connectivity index (χ2n) is 4.91. The summed E-state index contributed by atoms with van der Waals surface area (Å²) in [6.07, 6.45) is 0. The van der Waals surface area contributed by atoms with Gasteiger partial charge in [-0.3, -0.25) is 0 Å². The zero-order chi connectivity index (χ0) is 12.4. The monoisotopic (exact) mass is 234 g/mol. The van der Waals surface area contributed by atoms with Crippen molar-refractivity contribution in [2.24, 2.45) is 5.73 Å². The van der Waals surface area contributed by atoms with Crippen LogP contribution in [0.3, 0.4) is 0 Å². The molecule has 1 fully saturated rings. The third-order valence-electron chi connectivity index (χ3n) is 3.42. The van der Waals surface area contributed by atoms with Gasteiger partial charge in [0.05, 0.1) is 19.3 Å². The summed E-state index contributed by atoms with van der Waals surface area (Å²) in [4.78, 5) is 2.41. The van der Waals surface area contributed by atoms with E-state index in [1.807, 2.05) is 0 Å². The van der Waals surface area contributed by atoms with E-state index >= 15 is 0 Å². The maximum atomic E-state index is 5.84. The minimum atomic E-state index is 0.309. The number of nitrogens with zero attached hydrogens (tertiary/aromatic N) is 1. The summed E-state index contributed by atoms with van der Waals surface area (Å²) < 4.78 is 5.51. The minimum absolute atomic E-state index is 0.309. The fourth-order valence-corrected chi connectivity index (χ4v) is 2.77. The molecule has 1 heterocycles. The summed E-state index contributed by atoms with van der Waals surface area (Å²) in [5.74, 6) is 0. The van der Waals surface area contributed by atoms with E-state index < -0.39 is 0 Å². The maximum Gasteiger partial charge on any atom is 0.0683 e. The molecule has 17 heavy (non-hydrogen) atoms. The number of rotatable bonds is 2. The molecule has 1 aromatic carbocycles. The van der Waals surface area contributed by atoms with E-state index in [2.05, 4.69) is 37.8 Å². The van der Waals surface area contributed by atoms with Crippen molar-refractivity contribution in [3.8, 4) is 0 Å². The Labute approximate surface area is 104 Å². The van der Waals surface area contributed by atoms with Gasteiger partial charge < -0.3 is 15.4 Å². The van der Waals surface area contributed by atoms with Gasteiger partial charge in [-0.15, -0.1) is 0 Å². The van der Waals surface area contributed by atoms with Crippen molar-refractivity contribution in [3.63, 3.8) is 0 Å². The highest BCUT2D eigenvalue weighted by Crippen LogP contribution is 2.28. The van der Waals surface area contributed by atoms with Gasteiger partial charge in [0.15, 0.2) is 0 Å². The van der Waals surface area contributed by atoms with Crippen LogP contribution >= 0.6 is 0 Å². The number of aryl methyl sites for hydroxylation is 3. The van der Waals surface area contributed by atoms with Crippen LogP contribution in [0.2, 0.25) is 0 Å². The van der Waals surface area contributed by atoms with Crippen molar-refractivity contribution in [2.45, 2.75) is 26.8 Å². The smallest absolute Gasteiger partial charge is 0.0683 e. The molecule has 1 aliphatic rings. The molecule has 0 aliphatic carbocycles. The Balaban J connectivity index is 2.38. The number of nitrogens with two attached hydrogens (primary N) is 1. The quantitative estimate of drug-likeness (QED) is 0.847. The summed E-state index contributed by atoms with van der Waals surface area (Å²) in [5.41, 5.74) is 11.2. The average molecular weight is 234 g/mol. The Kier molecular flexibility index (Phi) is 3.69. The molecule has 0 radical (unpaired) electrons. The van der Waals surface area contributed by atoms with E-state index in [-0.39, 0.29) is 0 Å². The van der Waals surface area contributed by atoms with Crippen LogP contribution in [0, 0.1) is 20.8 Å². The first-order chi connectivity index (χ1) is 8.13. The Bertz CT molecular complexity index is 380. The van der Waals surface area contributed by atoms with Gasteiger partial charge in [-0.05, 0) is 31.9 Å². The van der Waals surface area contributed by atoms with E-state index in [0.717, 1.165) is 19.8 Å². The lowest BCUT2D eigenvalue weighted by Crippen LogP contribution is -2.50. The van der Waals surface area contributed by atoms with Crippen LogP contribution in [0.25, 0.3) is 0 Å². The van der Waals surface area contributed by atoms with E-state index in [1.54, 1.807) is 0 Å². The van der Waals surface area contributed by atoms with Gasteiger partial charge in [-0.25, -0.2) is 0 Å². The van der Waals surface area contributed by atoms with Crippen molar-refractivity contribution in [2.75, 3.05) is 31.2 Å². The molecule has 2 N–H and O–H groups in total. The predicted octanol–water partition coefficient (Wildman–Crippen LogP) is 1.78. The van der Waals surface area contributed by atoms with Crippen LogP contribution in [-0.4, -0.2) is 32.3 Å². The Hall–Kier alpha value is -1.06. The zero-order valence-electron chi connectivity index (χ0n) is 11.0. The van der Waals surface area contributed by atoms with Gasteiger partial charge in [0.1, 0.15) is 0 Å². The zero-order valence-corrected chi connectivity index (χ0v) is 11.0. The van der Waals surface area contributed by atoms with Crippen LogP contribution < -0.4 is 10.6 Å². The van der Waals surface area contributed by atoms with Gasteiger partial charge >= 0.3 is 0 Å². The van der Waals surface area contributed by atoms with Crippen LogP contribution in [0.5, 0.6) is 0 Å². The Morgan fingerprint density at radius 1 is 1.29 bits per heavy atom. The number of benzene rings is 1. The van der Waals surface area contributed by atoms with E-state index in [1.165, 1.54) is 22.4 Å². The molecule has 1 saturated heterocycles. The highest BCUT2D eigenvalue weighted by atomic mass is 16.5. The molecule has 2 rings (SSSR count). The third kappa shape index (κ3) is 2.45. The number of hydrogen-bond acceptors (Lipinski definition) is 3. The van der Waals surface area contributed by atoms with Gasteiger partial charge in [0.25, 0.3) is 0 Å². The molecule has 1 aliphatic heterocycles. The van der Waals surface area contributed by atoms with Crippen LogP contribution in [-0.2, 0) is 4.74 Å². The fraction of sp³-hybridized carbons (Fsp3) is 0.571. The largest absolute Gasteiger partial charge is 0.377 e. The van der Waals surface area contributed by atoms with Crippen molar-refractivity contribution < 1.29 is 4.74 Å². The summed E-state index contributed by atoms with van der Waals surface area (Å²) in [6.45, 7) is 9.62. The van der Waals surface area contributed by atoms with Gasteiger partial charge in [-0.2, -0.15) is 0 Å². The highest BCUT2D eigenvalue weighted by Gasteiger charge is 2.24. The molecule has 3 nitrogen and oxygen atoms in total. The molecule has 0 saturated carbocycles. The summed E-state index contributed by atoms with van der Waals surface area (Å²) in [6, 6.07) is 4.79. The second-order valence-corrected chi connectivity index (χ2v) is 4.91. The molecule has 0 bridgehead atoms. The summed E-state index contributed by atoms with van der Waals surface area (Å²) in [7, 11) is 0. The van der Waals surface area contributed by atoms with Crippen molar-refractivity contribution in [1.82, 2.24) is 0 Å². The van der Waals surface area contributed by atoms with E-state index in [9.17, 15) is 0 Å². The van der Waals surface area contributed by atoms with Gasteiger partial charge in [0, 0.05) is 18.8 Å². The highest BCUT2D eigenvalue weighted by molar-refractivity contribution is 5.61. The molecule has 94 valence electrons. The first-order valence-corrected chi connectivity index (χ1v) is 6.25. The van der Waals surface area contributed by atoms with Crippen LogP contribution in [0.15, 0.2) is 12.1 Å². The molecular formula is C14H22N2O. The molecule has 1 unspecified atom stereocenters. The van der Waals surface area contributed by atoms with Crippen LogP contribution in [0.1, 0.15) is 16.7 Å². The van der Waals surface area contributed by atoms with Crippen molar-refractivity contribution >= 4 is 5.69 Å². The number of hydrogen-bond donors (Lipinski definition) is 1. The van der Waals surface area contributed by atoms with Gasteiger partial charge in [-0.1, -0.05) is 17.7 Å². The van der Waals surface area contributed by atoms with E-state index in [4.69, 9.17) is 10.5 Å². The normalized spacial score (nSPS) is 20.7. The fourth-order valence-electron chi connectivity index (χ4n) is 2.77. The molecule has 1 aromatic rings. The van der Waals surface area contributed by atoms with Crippen molar-refractivity contribution in [3.05, 3.63) is 28.8 Å².